The van der Waals surface area contributed by atoms with Crippen LogP contribution in [0.15, 0.2) is 17.5 Å². The average Bonchev–Trinajstić information content (AvgIpc) is 2.98. The molecule has 2 amide bonds. The van der Waals surface area contributed by atoms with E-state index in [0.717, 1.165) is 12.8 Å². The summed E-state index contributed by atoms with van der Waals surface area (Å²) >= 11 is 1.37. The predicted molar refractivity (Wildman–Crippen MR) is 81.8 cm³/mol. The third-order valence-corrected chi connectivity index (χ3v) is 4.36. The molecule has 0 spiro atoms. The first-order valence-electron chi connectivity index (χ1n) is 6.76. The van der Waals surface area contributed by atoms with Crippen molar-refractivity contribution in [3.05, 3.63) is 22.4 Å². The van der Waals surface area contributed by atoms with Gasteiger partial charge >= 0.3 is 0 Å². The highest BCUT2D eigenvalue weighted by molar-refractivity contribution is 7.12. The lowest BCUT2D eigenvalue weighted by Crippen LogP contribution is -2.51. The van der Waals surface area contributed by atoms with Crippen molar-refractivity contribution in [1.82, 2.24) is 10.2 Å². The Morgan fingerprint density at radius 2 is 2.05 bits per heavy atom. The Balaban J connectivity index is 2.44. The third-order valence-electron chi connectivity index (χ3n) is 3.51. The van der Waals surface area contributed by atoms with Crippen LogP contribution in [-0.2, 0) is 4.79 Å². The van der Waals surface area contributed by atoms with Crippen molar-refractivity contribution in [2.45, 2.75) is 32.2 Å². The van der Waals surface area contributed by atoms with Crippen LogP contribution in [0.5, 0.6) is 0 Å². The van der Waals surface area contributed by atoms with Gasteiger partial charge in [0.15, 0.2) is 0 Å². The number of rotatable bonds is 7. The van der Waals surface area contributed by atoms with Crippen molar-refractivity contribution in [3.63, 3.8) is 0 Å². The molecular weight excluding hydrogens is 274 g/mol. The number of carbonyl (C=O) groups is 2. The van der Waals surface area contributed by atoms with Crippen LogP contribution in [0.1, 0.15) is 36.4 Å². The van der Waals surface area contributed by atoms with E-state index in [-0.39, 0.29) is 23.9 Å². The summed E-state index contributed by atoms with van der Waals surface area (Å²) in [6.45, 7) is 4.48. The fraction of sp³-hybridized carbons (Fsp3) is 0.571. The van der Waals surface area contributed by atoms with E-state index in [1.54, 1.807) is 13.1 Å². The second-order valence-corrected chi connectivity index (χ2v) is 5.93. The van der Waals surface area contributed by atoms with Gasteiger partial charge in [0.1, 0.15) is 0 Å². The number of hydrogen-bond donors (Lipinski definition) is 2. The highest BCUT2D eigenvalue weighted by atomic mass is 32.1. The van der Waals surface area contributed by atoms with Crippen LogP contribution in [0, 0.1) is 0 Å². The van der Waals surface area contributed by atoms with Gasteiger partial charge in [-0.15, -0.1) is 11.3 Å². The number of thiophene rings is 1. The number of nitrogens with one attached hydrogen (secondary N) is 1. The third kappa shape index (κ3) is 4.61. The molecule has 0 radical (unpaired) electrons. The van der Waals surface area contributed by atoms with Crippen molar-refractivity contribution in [2.24, 2.45) is 5.73 Å². The zero-order valence-corrected chi connectivity index (χ0v) is 13.1. The predicted octanol–water partition coefficient (Wildman–Crippen LogP) is 1.45. The van der Waals surface area contributed by atoms with E-state index in [2.05, 4.69) is 5.32 Å². The first kappa shape index (κ1) is 16.7. The Hall–Kier alpha value is -1.40. The molecule has 1 aromatic rings. The van der Waals surface area contributed by atoms with Crippen LogP contribution in [-0.4, -0.2) is 42.4 Å². The van der Waals surface area contributed by atoms with Gasteiger partial charge in [-0.2, -0.15) is 0 Å². The van der Waals surface area contributed by atoms with Gasteiger partial charge in [0.05, 0.1) is 11.4 Å². The molecule has 5 nitrogen and oxygen atoms in total. The van der Waals surface area contributed by atoms with Gasteiger partial charge in [-0.25, -0.2) is 0 Å². The van der Waals surface area contributed by atoms with E-state index in [9.17, 15) is 9.59 Å². The minimum absolute atomic E-state index is 0.0419. The summed E-state index contributed by atoms with van der Waals surface area (Å²) in [5, 5.41) is 4.64. The monoisotopic (exact) mass is 297 g/mol. The maximum absolute atomic E-state index is 12.0. The summed E-state index contributed by atoms with van der Waals surface area (Å²) in [7, 11) is 1.62. The number of amides is 2. The second-order valence-electron chi connectivity index (χ2n) is 4.98. The van der Waals surface area contributed by atoms with Crippen molar-refractivity contribution in [2.75, 3.05) is 20.1 Å². The van der Waals surface area contributed by atoms with Crippen LogP contribution in [0.4, 0.5) is 0 Å². The molecule has 6 heteroatoms. The number of nitrogens with two attached hydrogens (primary N) is 1. The molecule has 0 aromatic carbocycles. The zero-order valence-electron chi connectivity index (χ0n) is 12.3. The summed E-state index contributed by atoms with van der Waals surface area (Å²) in [4.78, 5) is 25.9. The van der Waals surface area contributed by atoms with Gasteiger partial charge in [0.25, 0.3) is 5.91 Å². The Kier molecular flexibility index (Phi) is 6.16. The molecule has 112 valence electrons. The lowest BCUT2D eigenvalue weighted by atomic mass is 9.94. The SMILES string of the molecule is CCC(N)(CC)CNC(=O)CN(C)C(=O)c1cccs1. The van der Waals surface area contributed by atoms with E-state index < -0.39 is 0 Å². The average molecular weight is 297 g/mol. The zero-order chi connectivity index (χ0) is 15.2. The van der Waals surface area contributed by atoms with Crippen molar-refractivity contribution >= 4 is 23.2 Å². The molecule has 0 fully saturated rings. The molecule has 3 N–H and O–H groups in total. The van der Waals surface area contributed by atoms with Crippen LogP contribution < -0.4 is 11.1 Å². The number of nitrogens with zero attached hydrogens (tertiary/aromatic N) is 1. The quantitative estimate of drug-likeness (QED) is 0.800. The van der Waals surface area contributed by atoms with Crippen molar-refractivity contribution in [3.8, 4) is 0 Å². The fourth-order valence-electron chi connectivity index (χ4n) is 1.71. The van der Waals surface area contributed by atoms with Crippen LogP contribution in [0.3, 0.4) is 0 Å². The molecule has 1 aromatic heterocycles. The van der Waals surface area contributed by atoms with E-state index in [0.29, 0.717) is 11.4 Å². The number of hydrogen-bond acceptors (Lipinski definition) is 4. The summed E-state index contributed by atoms with van der Waals surface area (Å²) in [5.41, 5.74) is 5.75. The summed E-state index contributed by atoms with van der Waals surface area (Å²) in [5.74, 6) is -0.325. The second kappa shape index (κ2) is 7.40. The molecule has 0 saturated heterocycles. The largest absolute Gasteiger partial charge is 0.353 e. The summed E-state index contributed by atoms with van der Waals surface area (Å²) < 4.78 is 0. The van der Waals surface area contributed by atoms with Crippen LogP contribution >= 0.6 is 11.3 Å². The molecule has 0 unspecified atom stereocenters. The maximum Gasteiger partial charge on any atom is 0.264 e. The molecule has 20 heavy (non-hydrogen) atoms. The van der Waals surface area contributed by atoms with E-state index >= 15 is 0 Å². The topological polar surface area (TPSA) is 75.4 Å². The molecule has 1 heterocycles. The molecule has 0 saturated carbocycles. The molecule has 1 rings (SSSR count). The number of carbonyl (C=O) groups excluding carboxylic acids is 2. The van der Waals surface area contributed by atoms with Gasteiger partial charge in [0, 0.05) is 19.1 Å². The lowest BCUT2D eigenvalue weighted by Gasteiger charge is -2.27. The van der Waals surface area contributed by atoms with E-state index in [1.165, 1.54) is 16.2 Å². The Morgan fingerprint density at radius 3 is 2.55 bits per heavy atom. The minimum Gasteiger partial charge on any atom is -0.353 e. The Morgan fingerprint density at radius 1 is 1.40 bits per heavy atom. The molecule has 0 aliphatic heterocycles. The van der Waals surface area contributed by atoms with Gasteiger partial charge in [-0.1, -0.05) is 19.9 Å². The van der Waals surface area contributed by atoms with Gasteiger partial charge in [-0.3, -0.25) is 9.59 Å². The number of likely N-dealkylation sites (N-methyl/N-ethyl adjacent to an activating group) is 1. The minimum atomic E-state index is -0.369. The van der Waals surface area contributed by atoms with E-state index in [1.807, 2.05) is 25.3 Å². The fourth-order valence-corrected chi connectivity index (χ4v) is 2.42. The van der Waals surface area contributed by atoms with Crippen LogP contribution in [0.2, 0.25) is 0 Å². The van der Waals surface area contributed by atoms with Gasteiger partial charge in [-0.05, 0) is 24.3 Å². The standard InChI is InChI=1S/C14H23N3O2S/c1-4-14(15,5-2)10-16-12(18)9-17(3)13(19)11-7-6-8-20-11/h6-8H,4-5,9-10,15H2,1-3H3,(H,16,18). The molecule has 0 aliphatic rings. The van der Waals surface area contributed by atoms with Gasteiger partial charge in [0.2, 0.25) is 5.91 Å². The Labute approximate surface area is 124 Å². The van der Waals surface area contributed by atoms with E-state index in [4.69, 9.17) is 5.73 Å². The highest BCUT2D eigenvalue weighted by Crippen LogP contribution is 2.11. The molecule has 0 bridgehead atoms. The molecular formula is C14H23N3O2S. The van der Waals surface area contributed by atoms with Gasteiger partial charge < -0.3 is 16.0 Å². The first-order chi connectivity index (χ1) is 9.41. The van der Waals surface area contributed by atoms with Crippen molar-refractivity contribution in [1.29, 1.82) is 0 Å². The first-order valence-corrected chi connectivity index (χ1v) is 7.64. The van der Waals surface area contributed by atoms with Crippen LogP contribution in [0.25, 0.3) is 0 Å². The summed E-state index contributed by atoms with van der Waals surface area (Å²) in [6.07, 6.45) is 1.60. The van der Waals surface area contributed by atoms with Crippen molar-refractivity contribution < 1.29 is 9.59 Å². The molecule has 0 atom stereocenters. The maximum atomic E-state index is 12.0. The Bertz CT molecular complexity index is 441. The lowest BCUT2D eigenvalue weighted by molar-refractivity contribution is -0.121. The summed E-state index contributed by atoms with van der Waals surface area (Å²) in [6, 6.07) is 3.57. The highest BCUT2D eigenvalue weighted by Gasteiger charge is 2.22. The molecule has 0 aliphatic carbocycles. The smallest absolute Gasteiger partial charge is 0.264 e. The normalized spacial score (nSPS) is 11.2.